The minimum absolute atomic E-state index is 0.124. The SMILES string of the molecule is CC(=O)Nc1nc2ccc(-c3nc4ccc(N)c(C=N)c4c4c3CCCC4)cc2s1. The Kier molecular flexibility index (Phi) is 4.47. The Morgan fingerprint density at radius 3 is 2.67 bits per heavy atom. The molecule has 2 heterocycles. The molecule has 0 saturated heterocycles. The number of amides is 1. The van der Waals surface area contributed by atoms with Crippen LogP contribution in [0.4, 0.5) is 10.8 Å². The number of benzene rings is 2. The fourth-order valence-electron chi connectivity index (χ4n) is 4.34. The Morgan fingerprint density at radius 1 is 1.13 bits per heavy atom. The average Bonchev–Trinajstić information content (AvgIpc) is 3.13. The van der Waals surface area contributed by atoms with Crippen molar-refractivity contribution in [2.24, 2.45) is 0 Å². The zero-order valence-corrected chi connectivity index (χ0v) is 17.4. The number of pyridine rings is 1. The van der Waals surface area contributed by atoms with E-state index in [1.54, 1.807) is 0 Å². The summed E-state index contributed by atoms with van der Waals surface area (Å²) >= 11 is 1.47. The van der Waals surface area contributed by atoms with Crippen molar-refractivity contribution in [2.75, 3.05) is 11.1 Å². The third kappa shape index (κ3) is 3.02. The lowest BCUT2D eigenvalue weighted by atomic mass is 9.85. The van der Waals surface area contributed by atoms with Gasteiger partial charge in [-0.1, -0.05) is 17.4 Å². The van der Waals surface area contributed by atoms with Crippen molar-refractivity contribution in [3.63, 3.8) is 0 Å². The molecule has 4 aromatic rings. The van der Waals surface area contributed by atoms with Gasteiger partial charge >= 0.3 is 0 Å². The fourth-order valence-corrected chi connectivity index (χ4v) is 5.29. The van der Waals surface area contributed by atoms with Gasteiger partial charge in [0.25, 0.3) is 0 Å². The summed E-state index contributed by atoms with van der Waals surface area (Å²) in [6.07, 6.45) is 5.55. The van der Waals surface area contributed by atoms with Crippen molar-refractivity contribution >= 4 is 55.4 Å². The molecule has 0 fully saturated rings. The highest BCUT2D eigenvalue weighted by Gasteiger charge is 2.22. The summed E-state index contributed by atoms with van der Waals surface area (Å²) < 4.78 is 1.01. The maximum absolute atomic E-state index is 11.4. The number of nitrogens with two attached hydrogens (primary N) is 1. The van der Waals surface area contributed by atoms with Crippen LogP contribution in [0.25, 0.3) is 32.4 Å². The van der Waals surface area contributed by atoms with Crippen molar-refractivity contribution in [2.45, 2.75) is 32.6 Å². The second kappa shape index (κ2) is 7.18. The number of nitrogens with zero attached hydrogens (tertiary/aromatic N) is 2. The molecule has 5 rings (SSSR count). The number of aryl methyl sites for hydroxylation is 1. The highest BCUT2D eigenvalue weighted by Crippen LogP contribution is 2.38. The van der Waals surface area contributed by atoms with Gasteiger partial charge in [0, 0.05) is 35.3 Å². The van der Waals surface area contributed by atoms with E-state index in [4.69, 9.17) is 16.1 Å². The standard InChI is InChI=1S/C23H21N5OS/c1-12(29)26-23-28-18-8-6-13(10-20(18)30-23)22-15-5-3-2-4-14(15)21-16(11-24)17(25)7-9-19(21)27-22/h6-11,24H,2-5,25H2,1H3,(H,26,28,29). The topological polar surface area (TPSA) is 105 Å². The highest BCUT2D eigenvalue weighted by molar-refractivity contribution is 7.22. The normalized spacial score (nSPS) is 13.4. The van der Waals surface area contributed by atoms with Crippen LogP contribution in [-0.2, 0) is 17.6 Å². The number of nitrogen functional groups attached to an aromatic ring is 1. The van der Waals surface area contributed by atoms with Crippen LogP contribution in [-0.4, -0.2) is 22.1 Å². The monoisotopic (exact) mass is 415 g/mol. The Morgan fingerprint density at radius 2 is 1.90 bits per heavy atom. The van der Waals surface area contributed by atoms with Gasteiger partial charge < -0.3 is 16.5 Å². The first-order valence-electron chi connectivity index (χ1n) is 9.98. The van der Waals surface area contributed by atoms with E-state index >= 15 is 0 Å². The first kappa shape index (κ1) is 18.7. The Bertz CT molecular complexity index is 1340. The number of hydrogen-bond donors (Lipinski definition) is 3. The number of nitrogens with one attached hydrogen (secondary N) is 2. The van der Waals surface area contributed by atoms with E-state index in [2.05, 4.69) is 22.4 Å². The minimum Gasteiger partial charge on any atom is -0.398 e. The maximum Gasteiger partial charge on any atom is 0.223 e. The van der Waals surface area contributed by atoms with Gasteiger partial charge in [0.1, 0.15) is 0 Å². The van der Waals surface area contributed by atoms with E-state index in [-0.39, 0.29) is 5.91 Å². The summed E-state index contributed by atoms with van der Waals surface area (Å²) in [5.74, 6) is -0.124. The lowest BCUT2D eigenvalue weighted by Crippen LogP contribution is -2.09. The molecule has 6 nitrogen and oxygen atoms in total. The lowest BCUT2D eigenvalue weighted by molar-refractivity contribution is -0.114. The van der Waals surface area contributed by atoms with Gasteiger partial charge in [0.15, 0.2) is 5.13 Å². The second-order valence-corrected chi connectivity index (χ2v) is 8.64. The van der Waals surface area contributed by atoms with Crippen LogP contribution in [0.3, 0.4) is 0 Å². The van der Waals surface area contributed by atoms with Crippen molar-refractivity contribution in [1.29, 1.82) is 5.41 Å². The van der Waals surface area contributed by atoms with Gasteiger partial charge in [-0.2, -0.15) is 0 Å². The number of carbonyl (C=O) groups is 1. The number of carbonyl (C=O) groups excluding carboxylic acids is 1. The summed E-state index contributed by atoms with van der Waals surface area (Å²) in [6, 6.07) is 9.93. The molecule has 150 valence electrons. The largest absolute Gasteiger partial charge is 0.398 e. The molecule has 0 unspecified atom stereocenters. The number of thiazole rings is 1. The third-order valence-electron chi connectivity index (χ3n) is 5.63. The maximum atomic E-state index is 11.4. The molecule has 0 saturated carbocycles. The Labute approximate surface area is 177 Å². The molecule has 1 amide bonds. The molecule has 0 bridgehead atoms. The molecule has 30 heavy (non-hydrogen) atoms. The molecule has 4 N–H and O–H groups in total. The van der Waals surface area contributed by atoms with Crippen LogP contribution < -0.4 is 11.1 Å². The number of aromatic nitrogens is 2. The van der Waals surface area contributed by atoms with E-state index in [1.807, 2.05) is 18.2 Å². The van der Waals surface area contributed by atoms with Crippen LogP contribution >= 0.6 is 11.3 Å². The van der Waals surface area contributed by atoms with Crippen molar-refractivity contribution in [3.8, 4) is 11.3 Å². The zero-order chi connectivity index (χ0) is 20.8. The van der Waals surface area contributed by atoms with Gasteiger partial charge in [0.05, 0.1) is 21.4 Å². The van der Waals surface area contributed by atoms with E-state index in [0.717, 1.165) is 63.6 Å². The summed E-state index contributed by atoms with van der Waals surface area (Å²) in [4.78, 5) is 20.9. The van der Waals surface area contributed by atoms with Crippen LogP contribution in [0.15, 0.2) is 30.3 Å². The molecule has 0 atom stereocenters. The van der Waals surface area contributed by atoms with Gasteiger partial charge in [0.2, 0.25) is 5.91 Å². The molecule has 0 aliphatic heterocycles. The zero-order valence-electron chi connectivity index (χ0n) is 16.6. The van der Waals surface area contributed by atoms with Crippen LogP contribution in [0.5, 0.6) is 0 Å². The molecule has 1 aliphatic carbocycles. The van der Waals surface area contributed by atoms with Gasteiger partial charge in [-0.3, -0.25) is 4.79 Å². The molecular weight excluding hydrogens is 394 g/mol. The molecule has 2 aromatic heterocycles. The van der Waals surface area contributed by atoms with Crippen molar-refractivity contribution < 1.29 is 4.79 Å². The summed E-state index contributed by atoms with van der Waals surface area (Å²) in [6.45, 7) is 1.48. The fraction of sp³-hybridized carbons (Fsp3) is 0.217. The second-order valence-electron chi connectivity index (χ2n) is 7.61. The van der Waals surface area contributed by atoms with Gasteiger partial charge in [-0.15, -0.1) is 0 Å². The molecule has 7 heteroatoms. The van der Waals surface area contributed by atoms with Gasteiger partial charge in [-0.25, -0.2) is 9.97 Å². The van der Waals surface area contributed by atoms with Crippen LogP contribution in [0.1, 0.15) is 36.5 Å². The Hall–Kier alpha value is -3.32. The van der Waals surface area contributed by atoms with Crippen LogP contribution in [0, 0.1) is 5.41 Å². The molecule has 1 aliphatic rings. The number of anilines is 2. The summed E-state index contributed by atoms with van der Waals surface area (Å²) in [5.41, 5.74) is 13.9. The summed E-state index contributed by atoms with van der Waals surface area (Å²) in [7, 11) is 0. The summed E-state index contributed by atoms with van der Waals surface area (Å²) in [5, 5.41) is 12.3. The van der Waals surface area contributed by atoms with E-state index in [0.29, 0.717) is 10.8 Å². The third-order valence-corrected chi connectivity index (χ3v) is 6.57. The lowest BCUT2D eigenvalue weighted by Gasteiger charge is -2.22. The van der Waals surface area contributed by atoms with Crippen LogP contribution in [0.2, 0.25) is 0 Å². The predicted octanol–water partition coefficient (Wildman–Crippen LogP) is 4.93. The number of rotatable bonds is 3. The van der Waals surface area contributed by atoms with Crippen molar-refractivity contribution in [1.82, 2.24) is 9.97 Å². The van der Waals surface area contributed by atoms with Gasteiger partial charge in [-0.05, 0) is 61.1 Å². The molecular formula is C23H21N5OS. The van der Waals surface area contributed by atoms with Crippen molar-refractivity contribution in [3.05, 3.63) is 47.0 Å². The smallest absolute Gasteiger partial charge is 0.223 e. The van der Waals surface area contributed by atoms with E-state index < -0.39 is 0 Å². The average molecular weight is 416 g/mol. The molecule has 0 radical (unpaired) electrons. The van der Waals surface area contributed by atoms with E-state index in [9.17, 15) is 4.79 Å². The molecule has 0 spiro atoms. The first-order chi connectivity index (χ1) is 14.5. The number of fused-ring (bicyclic) bond motifs is 4. The minimum atomic E-state index is -0.124. The highest BCUT2D eigenvalue weighted by atomic mass is 32.1. The molecule has 2 aromatic carbocycles. The number of hydrogen-bond acceptors (Lipinski definition) is 6. The predicted molar refractivity (Wildman–Crippen MR) is 124 cm³/mol. The quantitative estimate of drug-likeness (QED) is 0.326. The first-order valence-corrected chi connectivity index (χ1v) is 10.8. The Balaban J connectivity index is 1.73. The van der Waals surface area contributed by atoms with E-state index in [1.165, 1.54) is 35.6 Å².